The van der Waals surface area contributed by atoms with E-state index in [-0.39, 0.29) is 0 Å². The van der Waals surface area contributed by atoms with Gasteiger partial charge in [0.25, 0.3) is 5.91 Å². The van der Waals surface area contributed by atoms with Crippen molar-refractivity contribution in [2.24, 2.45) is 0 Å². The molecule has 0 radical (unpaired) electrons. The Bertz CT molecular complexity index is 820. The van der Waals surface area contributed by atoms with Crippen molar-refractivity contribution < 1.29 is 14.3 Å². The standard InChI is InChI=1S/C19H18FN3O2/c20-17-8-6-16(7-9-17)19(25,15-4-2-1-3-5-15)18(24)22-11-13-23-12-10-21-14-23/h1-10,12,14,25H,11,13H2,(H,22,24). The normalized spacial score (nSPS) is 13.2. The Balaban J connectivity index is 1.85. The first-order chi connectivity index (χ1) is 12.1. The molecule has 0 saturated carbocycles. The van der Waals surface area contributed by atoms with Gasteiger partial charge in [-0.25, -0.2) is 9.37 Å². The van der Waals surface area contributed by atoms with Gasteiger partial charge in [-0.05, 0) is 23.3 Å². The summed E-state index contributed by atoms with van der Waals surface area (Å²) in [5, 5.41) is 14.0. The SMILES string of the molecule is O=C(NCCn1ccnc1)C(O)(c1ccccc1)c1ccc(F)cc1. The van der Waals surface area contributed by atoms with Gasteiger partial charge in [0.2, 0.25) is 0 Å². The number of aliphatic hydroxyl groups is 1. The lowest BCUT2D eigenvalue weighted by atomic mass is 9.85. The number of nitrogens with one attached hydrogen (secondary N) is 1. The van der Waals surface area contributed by atoms with Crippen LogP contribution in [0.15, 0.2) is 73.3 Å². The number of amides is 1. The first kappa shape index (κ1) is 16.9. The highest BCUT2D eigenvalue weighted by Crippen LogP contribution is 2.30. The van der Waals surface area contributed by atoms with Crippen LogP contribution in [0.1, 0.15) is 11.1 Å². The lowest BCUT2D eigenvalue weighted by Crippen LogP contribution is -2.46. The molecule has 2 N–H and O–H groups in total. The number of imidazole rings is 1. The van der Waals surface area contributed by atoms with Gasteiger partial charge in [-0.3, -0.25) is 4.79 Å². The zero-order valence-electron chi connectivity index (χ0n) is 13.5. The largest absolute Gasteiger partial charge is 0.372 e. The molecule has 0 aliphatic heterocycles. The molecule has 0 spiro atoms. The smallest absolute Gasteiger partial charge is 0.261 e. The van der Waals surface area contributed by atoms with Crippen molar-refractivity contribution in [1.29, 1.82) is 0 Å². The third kappa shape index (κ3) is 3.59. The van der Waals surface area contributed by atoms with E-state index in [4.69, 9.17) is 0 Å². The molecule has 1 heterocycles. The summed E-state index contributed by atoms with van der Waals surface area (Å²) in [4.78, 5) is 16.7. The van der Waals surface area contributed by atoms with Crippen LogP contribution in [0.5, 0.6) is 0 Å². The van der Waals surface area contributed by atoms with Gasteiger partial charge in [-0.2, -0.15) is 0 Å². The molecule has 6 heteroatoms. The van der Waals surface area contributed by atoms with Crippen molar-refractivity contribution in [2.75, 3.05) is 6.54 Å². The molecule has 1 atom stereocenters. The van der Waals surface area contributed by atoms with E-state index in [0.717, 1.165) is 0 Å². The highest BCUT2D eigenvalue weighted by Gasteiger charge is 2.39. The molecule has 3 aromatic rings. The molecule has 25 heavy (non-hydrogen) atoms. The molecule has 1 aromatic heterocycles. The van der Waals surface area contributed by atoms with E-state index in [1.807, 2.05) is 4.57 Å². The molecule has 128 valence electrons. The van der Waals surface area contributed by atoms with Crippen LogP contribution in [-0.2, 0) is 16.9 Å². The maximum atomic E-state index is 13.2. The number of rotatable bonds is 6. The number of halogens is 1. The monoisotopic (exact) mass is 339 g/mol. The van der Waals surface area contributed by atoms with E-state index in [2.05, 4.69) is 10.3 Å². The lowest BCUT2D eigenvalue weighted by molar-refractivity contribution is -0.136. The Morgan fingerprint density at radius 1 is 1.12 bits per heavy atom. The zero-order chi connectivity index (χ0) is 17.7. The quantitative estimate of drug-likeness (QED) is 0.722. The summed E-state index contributed by atoms with van der Waals surface area (Å²) in [7, 11) is 0. The fourth-order valence-corrected chi connectivity index (χ4v) is 2.64. The second-order valence-electron chi connectivity index (χ2n) is 5.64. The molecule has 0 aliphatic rings. The Hall–Kier alpha value is -2.99. The van der Waals surface area contributed by atoms with Gasteiger partial charge in [-0.1, -0.05) is 42.5 Å². The van der Waals surface area contributed by atoms with Gasteiger partial charge in [-0.15, -0.1) is 0 Å². The van der Waals surface area contributed by atoms with Crippen molar-refractivity contribution in [2.45, 2.75) is 12.1 Å². The fourth-order valence-electron chi connectivity index (χ4n) is 2.64. The van der Waals surface area contributed by atoms with Crippen molar-refractivity contribution in [1.82, 2.24) is 14.9 Å². The van der Waals surface area contributed by atoms with Gasteiger partial charge in [0.1, 0.15) is 5.82 Å². The predicted molar refractivity (Wildman–Crippen MR) is 91.1 cm³/mol. The number of hydrogen-bond acceptors (Lipinski definition) is 3. The van der Waals surface area contributed by atoms with E-state index in [1.54, 1.807) is 49.1 Å². The van der Waals surface area contributed by atoms with E-state index in [1.165, 1.54) is 24.3 Å². The van der Waals surface area contributed by atoms with Crippen molar-refractivity contribution >= 4 is 5.91 Å². The molecule has 3 rings (SSSR count). The van der Waals surface area contributed by atoms with Gasteiger partial charge in [0.05, 0.1) is 6.33 Å². The average molecular weight is 339 g/mol. The molecular formula is C19H18FN3O2. The van der Waals surface area contributed by atoms with Gasteiger partial charge in [0.15, 0.2) is 5.60 Å². The second-order valence-corrected chi connectivity index (χ2v) is 5.64. The van der Waals surface area contributed by atoms with Crippen LogP contribution in [0.4, 0.5) is 4.39 Å². The summed E-state index contributed by atoms with van der Waals surface area (Å²) in [5.41, 5.74) is -1.17. The van der Waals surface area contributed by atoms with Gasteiger partial charge >= 0.3 is 0 Å². The Morgan fingerprint density at radius 2 is 1.80 bits per heavy atom. The van der Waals surface area contributed by atoms with E-state index in [9.17, 15) is 14.3 Å². The van der Waals surface area contributed by atoms with Crippen LogP contribution in [0.2, 0.25) is 0 Å². The lowest BCUT2D eigenvalue weighted by Gasteiger charge is -2.28. The third-order valence-electron chi connectivity index (χ3n) is 4.00. The number of carbonyl (C=O) groups excluding carboxylic acids is 1. The van der Waals surface area contributed by atoms with E-state index >= 15 is 0 Å². The Kier molecular flexibility index (Phi) is 4.90. The summed E-state index contributed by atoms with van der Waals surface area (Å²) < 4.78 is 15.1. The topological polar surface area (TPSA) is 67.2 Å². The minimum atomic E-state index is -1.90. The maximum absolute atomic E-state index is 13.2. The molecule has 0 bridgehead atoms. The third-order valence-corrected chi connectivity index (χ3v) is 4.00. The van der Waals surface area contributed by atoms with E-state index in [0.29, 0.717) is 24.2 Å². The molecule has 0 aliphatic carbocycles. The number of benzene rings is 2. The number of hydrogen-bond donors (Lipinski definition) is 2. The highest BCUT2D eigenvalue weighted by atomic mass is 19.1. The predicted octanol–water partition coefficient (Wildman–Crippen LogP) is 2.07. The molecule has 5 nitrogen and oxygen atoms in total. The summed E-state index contributed by atoms with van der Waals surface area (Å²) in [6.45, 7) is 0.853. The van der Waals surface area contributed by atoms with Crippen molar-refractivity contribution in [3.8, 4) is 0 Å². The first-order valence-corrected chi connectivity index (χ1v) is 7.88. The zero-order valence-corrected chi connectivity index (χ0v) is 13.5. The molecular weight excluding hydrogens is 321 g/mol. The van der Waals surface area contributed by atoms with Crippen LogP contribution in [0.3, 0.4) is 0 Å². The van der Waals surface area contributed by atoms with Crippen LogP contribution >= 0.6 is 0 Å². The number of nitrogens with zero attached hydrogens (tertiary/aromatic N) is 2. The number of aromatic nitrogens is 2. The van der Waals surface area contributed by atoms with Gasteiger partial charge < -0.3 is 15.0 Å². The van der Waals surface area contributed by atoms with Gasteiger partial charge in [0, 0.05) is 25.5 Å². The molecule has 1 unspecified atom stereocenters. The van der Waals surface area contributed by atoms with Crippen LogP contribution < -0.4 is 5.32 Å². The second kappa shape index (κ2) is 7.27. The van der Waals surface area contributed by atoms with Crippen LogP contribution in [-0.4, -0.2) is 27.1 Å². The van der Waals surface area contributed by atoms with Crippen molar-refractivity contribution in [3.05, 3.63) is 90.3 Å². The minimum absolute atomic E-state index is 0.306. The first-order valence-electron chi connectivity index (χ1n) is 7.88. The molecule has 0 saturated heterocycles. The Labute approximate surface area is 144 Å². The summed E-state index contributed by atoms with van der Waals surface area (Å²) in [5.74, 6) is -0.995. The minimum Gasteiger partial charge on any atom is -0.372 e. The number of carbonyl (C=O) groups is 1. The molecule has 1 amide bonds. The molecule has 0 fully saturated rings. The van der Waals surface area contributed by atoms with Crippen molar-refractivity contribution in [3.63, 3.8) is 0 Å². The summed E-state index contributed by atoms with van der Waals surface area (Å²) in [6, 6.07) is 13.9. The summed E-state index contributed by atoms with van der Waals surface area (Å²) in [6.07, 6.45) is 5.09. The molecule has 2 aromatic carbocycles. The van der Waals surface area contributed by atoms with Crippen LogP contribution in [0, 0.1) is 5.82 Å². The summed E-state index contributed by atoms with van der Waals surface area (Å²) >= 11 is 0. The Morgan fingerprint density at radius 3 is 2.44 bits per heavy atom. The fraction of sp³-hybridized carbons (Fsp3) is 0.158. The maximum Gasteiger partial charge on any atom is 0.261 e. The van der Waals surface area contributed by atoms with E-state index < -0.39 is 17.3 Å². The highest BCUT2D eigenvalue weighted by molar-refractivity contribution is 5.90. The average Bonchev–Trinajstić information content (AvgIpc) is 3.16. The van der Waals surface area contributed by atoms with Crippen LogP contribution in [0.25, 0.3) is 0 Å².